The smallest absolute Gasteiger partial charge is 0.264 e. The van der Waals surface area contributed by atoms with E-state index in [1.54, 1.807) is 38.1 Å². The standard InChI is InChI=1S/C29H34ClN3O4S/c1-20(2)31-29(35)23(5)32(18-24-9-7-6-8-10-24)28(34)19-33(27-17-25(30)14-13-22(27)4)38(36,37)26-15-11-21(3)12-16-26/h6-17,20,23H,18-19H2,1-5H3,(H,31,35)/t23-/m1/s1. The topological polar surface area (TPSA) is 86.8 Å². The van der Waals surface area contributed by atoms with Crippen LogP contribution in [0.25, 0.3) is 0 Å². The molecular formula is C29H34ClN3O4S. The molecule has 0 aliphatic rings. The van der Waals surface area contributed by atoms with Crippen molar-refractivity contribution in [1.29, 1.82) is 0 Å². The van der Waals surface area contributed by atoms with Crippen LogP contribution in [0.2, 0.25) is 5.02 Å². The minimum atomic E-state index is -4.15. The first kappa shape index (κ1) is 29.2. The summed E-state index contributed by atoms with van der Waals surface area (Å²) in [5.41, 5.74) is 2.66. The number of anilines is 1. The molecule has 0 aliphatic heterocycles. The number of nitrogens with zero attached hydrogens (tertiary/aromatic N) is 2. The van der Waals surface area contributed by atoms with E-state index in [-0.39, 0.29) is 23.4 Å². The van der Waals surface area contributed by atoms with Gasteiger partial charge in [0.05, 0.1) is 10.6 Å². The van der Waals surface area contributed by atoms with Gasteiger partial charge in [-0.2, -0.15) is 0 Å². The Kier molecular flexibility index (Phi) is 9.57. The van der Waals surface area contributed by atoms with Crippen molar-refractivity contribution in [2.75, 3.05) is 10.8 Å². The molecule has 9 heteroatoms. The first-order valence-corrected chi connectivity index (χ1v) is 14.2. The van der Waals surface area contributed by atoms with E-state index in [9.17, 15) is 18.0 Å². The van der Waals surface area contributed by atoms with Gasteiger partial charge in [0, 0.05) is 17.6 Å². The lowest BCUT2D eigenvalue weighted by Crippen LogP contribution is -2.52. The van der Waals surface area contributed by atoms with Gasteiger partial charge in [-0.1, -0.05) is 65.7 Å². The van der Waals surface area contributed by atoms with E-state index in [0.29, 0.717) is 16.3 Å². The fourth-order valence-corrected chi connectivity index (χ4v) is 5.61. The summed E-state index contributed by atoms with van der Waals surface area (Å²) in [5, 5.41) is 3.19. The molecular weight excluding hydrogens is 522 g/mol. The van der Waals surface area contributed by atoms with Gasteiger partial charge in [0.1, 0.15) is 12.6 Å². The van der Waals surface area contributed by atoms with Crippen molar-refractivity contribution < 1.29 is 18.0 Å². The fourth-order valence-electron chi connectivity index (χ4n) is 3.97. The molecule has 0 fully saturated rings. The van der Waals surface area contributed by atoms with E-state index in [1.165, 1.54) is 23.1 Å². The maximum atomic E-state index is 13.9. The predicted molar refractivity (Wildman–Crippen MR) is 152 cm³/mol. The van der Waals surface area contributed by atoms with E-state index >= 15 is 0 Å². The molecule has 0 aliphatic carbocycles. The summed E-state index contributed by atoms with van der Waals surface area (Å²) in [7, 11) is -4.15. The van der Waals surface area contributed by atoms with Gasteiger partial charge in [-0.05, 0) is 70.0 Å². The van der Waals surface area contributed by atoms with E-state index in [0.717, 1.165) is 15.4 Å². The van der Waals surface area contributed by atoms with Crippen molar-refractivity contribution in [3.8, 4) is 0 Å². The Morgan fingerprint density at radius 3 is 2.16 bits per heavy atom. The number of benzene rings is 3. The van der Waals surface area contributed by atoms with Crippen LogP contribution in [0.1, 0.15) is 37.5 Å². The second kappa shape index (κ2) is 12.5. The summed E-state index contributed by atoms with van der Waals surface area (Å²) >= 11 is 6.25. The highest BCUT2D eigenvalue weighted by Crippen LogP contribution is 2.30. The first-order valence-electron chi connectivity index (χ1n) is 12.4. The van der Waals surface area contributed by atoms with Crippen molar-refractivity contribution in [3.05, 3.63) is 94.5 Å². The van der Waals surface area contributed by atoms with Crippen LogP contribution in [0.3, 0.4) is 0 Å². The molecule has 2 amide bonds. The summed E-state index contributed by atoms with van der Waals surface area (Å²) in [6.07, 6.45) is 0. The summed E-state index contributed by atoms with van der Waals surface area (Å²) in [6.45, 7) is 8.57. The number of aryl methyl sites for hydroxylation is 2. The molecule has 1 N–H and O–H groups in total. The maximum Gasteiger partial charge on any atom is 0.264 e. The third-order valence-corrected chi connectivity index (χ3v) is 8.13. The average Bonchev–Trinajstić information content (AvgIpc) is 2.87. The number of halogens is 1. The number of hydrogen-bond acceptors (Lipinski definition) is 4. The third-order valence-electron chi connectivity index (χ3n) is 6.12. The number of sulfonamides is 1. The quantitative estimate of drug-likeness (QED) is 0.377. The Balaban J connectivity index is 2.06. The van der Waals surface area contributed by atoms with Crippen molar-refractivity contribution in [2.24, 2.45) is 0 Å². The highest BCUT2D eigenvalue weighted by molar-refractivity contribution is 7.92. The average molecular weight is 556 g/mol. The molecule has 0 saturated heterocycles. The van der Waals surface area contributed by atoms with Crippen LogP contribution in [-0.4, -0.2) is 43.8 Å². The summed E-state index contributed by atoms with van der Waals surface area (Å²) in [5.74, 6) is -0.841. The normalized spacial score (nSPS) is 12.2. The maximum absolute atomic E-state index is 13.9. The molecule has 0 spiro atoms. The Labute approximate surface area is 230 Å². The lowest BCUT2D eigenvalue weighted by Gasteiger charge is -2.32. The lowest BCUT2D eigenvalue weighted by molar-refractivity contribution is -0.139. The first-order chi connectivity index (χ1) is 17.9. The van der Waals surface area contributed by atoms with Crippen LogP contribution in [0.5, 0.6) is 0 Å². The van der Waals surface area contributed by atoms with E-state index in [1.807, 2.05) is 51.1 Å². The van der Waals surface area contributed by atoms with Crippen LogP contribution >= 0.6 is 11.6 Å². The van der Waals surface area contributed by atoms with E-state index in [4.69, 9.17) is 11.6 Å². The van der Waals surface area contributed by atoms with Crippen molar-refractivity contribution in [3.63, 3.8) is 0 Å². The molecule has 0 bridgehead atoms. The van der Waals surface area contributed by atoms with Gasteiger partial charge in [0.25, 0.3) is 10.0 Å². The minimum Gasteiger partial charge on any atom is -0.352 e. The van der Waals surface area contributed by atoms with Crippen LogP contribution < -0.4 is 9.62 Å². The Morgan fingerprint density at radius 2 is 1.55 bits per heavy atom. The molecule has 38 heavy (non-hydrogen) atoms. The van der Waals surface area contributed by atoms with Crippen molar-refractivity contribution in [1.82, 2.24) is 10.2 Å². The van der Waals surface area contributed by atoms with Gasteiger partial charge in [-0.3, -0.25) is 13.9 Å². The highest BCUT2D eigenvalue weighted by Gasteiger charge is 2.33. The second-order valence-corrected chi connectivity index (χ2v) is 11.9. The molecule has 3 aromatic rings. The van der Waals surface area contributed by atoms with Gasteiger partial charge in [0.2, 0.25) is 11.8 Å². The second-order valence-electron chi connectivity index (χ2n) is 9.60. The zero-order valence-corrected chi connectivity index (χ0v) is 23.9. The number of carbonyl (C=O) groups is 2. The van der Waals surface area contributed by atoms with Crippen LogP contribution in [0.4, 0.5) is 5.69 Å². The molecule has 202 valence electrons. The molecule has 3 aromatic carbocycles. The molecule has 0 unspecified atom stereocenters. The SMILES string of the molecule is Cc1ccc(S(=O)(=O)N(CC(=O)N(Cc2ccccc2)[C@H](C)C(=O)NC(C)C)c2cc(Cl)ccc2C)cc1. The number of carbonyl (C=O) groups excluding carboxylic acids is 2. The van der Waals surface area contributed by atoms with E-state index < -0.39 is 28.5 Å². The number of amides is 2. The van der Waals surface area contributed by atoms with E-state index in [2.05, 4.69) is 5.32 Å². The van der Waals surface area contributed by atoms with Crippen LogP contribution in [-0.2, 0) is 26.2 Å². The molecule has 7 nitrogen and oxygen atoms in total. The van der Waals surface area contributed by atoms with Crippen LogP contribution in [0.15, 0.2) is 77.7 Å². The molecule has 0 heterocycles. The molecule has 0 radical (unpaired) electrons. The van der Waals surface area contributed by atoms with Crippen LogP contribution in [0, 0.1) is 13.8 Å². The lowest BCUT2D eigenvalue weighted by atomic mass is 10.1. The summed E-state index contributed by atoms with van der Waals surface area (Å²) in [6, 6.07) is 19.7. The van der Waals surface area contributed by atoms with Crippen molar-refractivity contribution in [2.45, 2.75) is 58.1 Å². The minimum absolute atomic E-state index is 0.0514. The molecule has 1 atom stereocenters. The molecule has 3 rings (SSSR count). The Morgan fingerprint density at radius 1 is 0.921 bits per heavy atom. The predicted octanol–water partition coefficient (Wildman–Crippen LogP) is 5.09. The molecule has 0 aromatic heterocycles. The fraction of sp³-hybridized carbons (Fsp3) is 0.310. The Bertz CT molecular complexity index is 1380. The van der Waals surface area contributed by atoms with Gasteiger partial charge in [-0.25, -0.2) is 8.42 Å². The Hall–Kier alpha value is -3.36. The summed E-state index contributed by atoms with van der Waals surface area (Å²) in [4.78, 5) is 28.3. The van der Waals surface area contributed by atoms with Gasteiger partial charge in [-0.15, -0.1) is 0 Å². The monoisotopic (exact) mass is 555 g/mol. The van der Waals surface area contributed by atoms with Crippen molar-refractivity contribution >= 4 is 39.1 Å². The zero-order valence-electron chi connectivity index (χ0n) is 22.3. The number of hydrogen-bond donors (Lipinski definition) is 1. The third kappa shape index (κ3) is 7.14. The van der Waals surface area contributed by atoms with Gasteiger partial charge < -0.3 is 10.2 Å². The number of rotatable bonds is 10. The number of nitrogens with one attached hydrogen (secondary N) is 1. The molecule has 0 saturated carbocycles. The zero-order chi connectivity index (χ0) is 28.0. The summed E-state index contributed by atoms with van der Waals surface area (Å²) < 4.78 is 28.9. The van der Waals surface area contributed by atoms with Gasteiger partial charge in [0.15, 0.2) is 0 Å². The largest absolute Gasteiger partial charge is 0.352 e. The van der Waals surface area contributed by atoms with Gasteiger partial charge >= 0.3 is 0 Å². The highest BCUT2D eigenvalue weighted by atomic mass is 35.5.